The van der Waals surface area contributed by atoms with Crippen LogP contribution < -0.4 is 5.32 Å². The molecule has 1 atom stereocenters. The molecule has 0 aromatic heterocycles. The summed E-state index contributed by atoms with van der Waals surface area (Å²) in [4.78, 5) is 0. The maximum atomic E-state index is 12.8. The lowest BCUT2D eigenvalue weighted by atomic mass is 9.64. The lowest BCUT2D eigenvalue weighted by Gasteiger charge is -2.57. The summed E-state index contributed by atoms with van der Waals surface area (Å²) >= 11 is 0. The number of hydrogen-bond acceptors (Lipinski definition) is 2. The van der Waals surface area contributed by atoms with Gasteiger partial charge >= 0.3 is 0 Å². The van der Waals surface area contributed by atoms with Crippen LogP contribution in [0.25, 0.3) is 0 Å². The van der Waals surface area contributed by atoms with Crippen LogP contribution in [0.15, 0.2) is 0 Å². The van der Waals surface area contributed by atoms with E-state index in [2.05, 4.69) is 5.32 Å². The summed E-state index contributed by atoms with van der Waals surface area (Å²) in [6, 6.07) is 0. The van der Waals surface area contributed by atoms with Gasteiger partial charge in [-0.3, -0.25) is 14.1 Å². The number of hydrogen-bond donors (Lipinski definition) is 1. The minimum Gasteiger partial charge on any atom is -0.357 e. The summed E-state index contributed by atoms with van der Waals surface area (Å²) in [6.45, 7) is -0.204. The van der Waals surface area contributed by atoms with Gasteiger partial charge in [-0.25, -0.2) is 0 Å². The zero-order valence-electron chi connectivity index (χ0n) is 9.48. The van der Waals surface area contributed by atoms with Gasteiger partial charge < -0.3 is 4.74 Å². The van der Waals surface area contributed by atoms with Crippen LogP contribution in [0.5, 0.6) is 0 Å². The Kier molecular flexibility index (Phi) is 2.48. The van der Waals surface area contributed by atoms with E-state index >= 15 is 0 Å². The van der Waals surface area contributed by atoms with Gasteiger partial charge in [-0.2, -0.15) is 0 Å². The molecule has 1 unspecified atom stereocenters. The molecule has 1 saturated heterocycles. The summed E-state index contributed by atoms with van der Waals surface area (Å²) in [5.74, 6) is 0.713. The van der Waals surface area contributed by atoms with Crippen molar-refractivity contribution in [2.45, 2.75) is 43.9 Å². The van der Waals surface area contributed by atoms with Crippen LogP contribution in [-0.4, -0.2) is 31.7 Å². The van der Waals surface area contributed by atoms with Crippen LogP contribution in [0.3, 0.4) is 0 Å². The third-order valence-corrected chi connectivity index (χ3v) is 4.29. The standard InChI is InChI=1S/C12H19F2NO/c13-7-11(8-14)5-12(6-11)15-4-3-10(16-12)9-1-2-9/h9-10,15H,1-8H2. The van der Waals surface area contributed by atoms with Crippen molar-refractivity contribution in [3.05, 3.63) is 0 Å². The molecular formula is C12H19F2NO. The van der Waals surface area contributed by atoms with Crippen molar-refractivity contribution in [2.75, 3.05) is 19.9 Å². The Balaban J connectivity index is 1.62. The monoisotopic (exact) mass is 231 g/mol. The van der Waals surface area contributed by atoms with E-state index in [9.17, 15) is 8.78 Å². The molecule has 2 aliphatic carbocycles. The molecule has 3 fully saturated rings. The summed E-state index contributed by atoms with van der Waals surface area (Å²) in [7, 11) is 0. The zero-order chi connectivity index (χ0) is 11.2. The molecule has 3 aliphatic rings. The van der Waals surface area contributed by atoms with Gasteiger partial charge in [0.1, 0.15) is 5.72 Å². The van der Waals surface area contributed by atoms with E-state index in [-0.39, 0.29) is 0 Å². The van der Waals surface area contributed by atoms with E-state index in [1.165, 1.54) is 12.8 Å². The fourth-order valence-electron chi connectivity index (χ4n) is 3.23. The summed E-state index contributed by atoms with van der Waals surface area (Å²) in [5.41, 5.74) is -1.15. The Labute approximate surface area is 94.7 Å². The Morgan fingerprint density at radius 2 is 1.81 bits per heavy atom. The SMILES string of the molecule is FCC1(CF)CC2(C1)NCCC(C1CC1)O2. The Hall–Kier alpha value is -0.220. The number of nitrogens with one attached hydrogen (secondary N) is 1. The molecule has 16 heavy (non-hydrogen) atoms. The Morgan fingerprint density at radius 3 is 2.38 bits per heavy atom. The molecule has 1 N–H and O–H groups in total. The molecule has 92 valence electrons. The highest BCUT2D eigenvalue weighted by atomic mass is 19.1. The van der Waals surface area contributed by atoms with E-state index in [0.717, 1.165) is 13.0 Å². The number of alkyl halides is 2. The molecule has 4 heteroatoms. The smallest absolute Gasteiger partial charge is 0.121 e. The van der Waals surface area contributed by atoms with Crippen molar-refractivity contribution < 1.29 is 13.5 Å². The molecule has 2 nitrogen and oxygen atoms in total. The molecule has 0 amide bonds. The quantitative estimate of drug-likeness (QED) is 0.804. The highest BCUT2D eigenvalue weighted by Crippen LogP contribution is 2.53. The van der Waals surface area contributed by atoms with Crippen molar-refractivity contribution in [1.29, 1.82) is 0 Å². The fourth-order valence-corrected chi connectivity index (χ4v) is 3.23. The maximum Gasteiger partial charge on any atom is 0.121 e. The van der Waals surface area contributed by atoms with Gasteiger partial charge in [-0.1, -0.05) is 0 Å². The lowest BCUT2D eigenvalue weighted by Crippen LogP contribution is -2.67. The molecule has 1 heterocycles. The predicted octanol–water partition coefficient (Wildman–Crippen LogP) is 2.19. The van der Waals surface area contributed by atoms with Crippen LogP contribution >= 0.6 is 0 Å². The van der Waals surface area contributed by atoms with Crippen molar-refractivity contribution in [3.63, 3.8) is 0 Å². The van der Waals surface area contributed by atoms with Gasteiger partial charge in [0.25, 0.3) is 0 Å². The second kappa shape index (κ2) is 3.64. The van der Waals surface area contributed by atoms with E-state index in [4.69, 9.17) is 4.74 Å². The first-order valence-corrected chi connectivity index (χ1v) is 6.26. The van der Waals surface area contributed by atoms with Crippen LogP contribution in [0, 0.1) is 11.3 Å². The molecule has 1 aliphatic heterocycles. The normalized spacial score (nSPS) is 36.0. The average molecular weight is 231 g/mol. The molecule has 0 aromatic carbocycles. The van der Waals surface area contributed by atoms with E-state index in [0.29, 0.717) is 24.9 Å². The van der Waals surface area contributed by atoms with Crippen molar-refractivity contribution in [2.24, 2.45) is 11.3 Å². The second-order valence-electron chi connectivity index (χ2n) is 5.82. The molecule has 0 aromatic rings. The first kappa shape index (κ1) is 10.9. The van der Waals surface area contributed by atoms with Crippen molar-refractivity contribution in [3.8, 4) is 0 Å². The van der Waals surface area contributed by atoms with Gasteiger partial charge in [0.2, 0.25) is 0 Å². The predicted molar refractivity (Wildman–Crippen MR) is 56.6 cm³/mol. The number of rotatable bonds is 3. The third kappa shape index (κ3) is 1.66. The van der Waals surface area contributed by atoms with Gasteiger partial charge in [0, 0.05) is 24.8 Å². The van der Waals surface area contributed by atoms with E-state index < -0.39 is 24.5 Å². The lowest BCUT2D eigenvalue weighted by molar-refractivity contribution is -0.242. The van der Waals surface area contributed by atoms with Gasteiger partial charge in [0.05, 0.1) is 19.5 Å². The fraction of sp³-hybridized carbons (Fsp3) is 1.00. The van der Waals surface area contributed by atoms with Gasteiger partial charge in [-0.05, 0) is 25.2 Å². The summed E-state index contributed by atoms with van der Waals surface area (Å²) in [5, 5.41) is 3.31. The molecule has 0 bridgehead atoms. The van der Waals surface area contributed by atoms with Crippen LogP contribution in [0.2, 0.25) is 0 Å². The molecule has 1 spiro atoms. The highest BCUT2D eigenvalue weighted by Gasteiger charge is 2.58. The minimum atomic E-state index is -0.752. The number of ether oxygens (including phenoxy) is 1. The summed E-state index contributed by atoms with van der Waals surface area (Å²) in [6.07, 6.45) is 4.89. The molecular weight excluding hydrogens is 212 g/mol. The van der Waals surface area contributed by atoms with Crippen molar-refractivity contribution in [1.82, 2.24) is 5.32 Å². The largest absolute Gasteiger partial charge is 0.357 e. The second-order valence-corrected chi connectivity index (χ2v) is 5.82. The zero-order valence-corrected chi connectivity index (χ0v) is 9.48. The maximum absolute atomic E-state index is 12.8. The number of halogens is 2. The first-order valence-electron chi connectivity index (χ1n) is 6.26. The average Bonchev–Trinajstić information content (AvgIpc) is 3.09. The third-order valence-electron chi connectivity index (χ3n) is 4.29. The highest BCUT2D eigenvalue weighted by molar-refractivity contribution is 5.06. The van der Waals surface area contributed by atoms with E-state index in [1.54, 1.807) is 0 Å². The first-order chi connectivity index (χ1) is 7.71. The van der Waals surface area contributed by atoms with Gasteiger partial charge in [0.15, 0.2) is 0 Å². The topological polar surface area (TPSA) is 21.3 Å². The van der Waals surface area contributed by atoms with Gasteiger partial charge in [-0.15, -0.1) is 0 Å². The van der Waals surface area contributed by atoms with E-state index in [1.807, 2.05) is 0 Å². The Morgan fingerprint density at radius 1 is 1.12 bits per heavy atom. The van der Waals surface area contributed by atoms with Crippen molar-refractivity contribution >= 4 is 0 Å². The minimum absolute atomic E-state index is 0.332. The summed E-state index contributed by atoms with van der Waals surface area (Å²) < 4.78 is 31.6. The van der Waals surface area contributed by atoms with Crippen LogP contribution in [0.1, 0.15) is 32.1 Å². The Bertz CT molecular complexity index is 263. The molecule has 2 saturated carbocycles. The van der Waals surface area contributed by atoms with Crippen LogP contribution in [0.4, 0.5) is 8.78 Å². The molecule has 0 radical (unpaired) electrons. The van der Waals surface area contributed by atoms with Crippen LogP contribution in [-0.2, 0) is 4.74 Å². The molecule has 3 rings (SSSR count).